The first kappa shape index (κ1) is 14.1. The number of amides is 1. The third kappa shape index (κ3) is 3.83. The monoisotopic (exact) mass is 264 g/mol. The highest BCUT2D eigenvalue weighted by atomic mass is 16.3. The van der Waals surface area contributed by atoms with Crippen molar-refractivity contribution >= 4 is 5.91 Å². The lowest BCUT2D eigenvalue weighted by Crippen LogP contribution is -2.31. The van der Waals surface area contributed by atoms with E-state index in [4.69, 9.17) is 5.11 Å². The van der Waals surface area contributed by atoms with Gasteiger partial charge in [0.1, 0.15) is 5.69 Å². The molecule has 0 spiro atoms. The molecule has 1 atom stereocenters. The second-order valence-corrected chi connectivity index (χ2v) is 5.41. The fourth-order valence-electron chi connectivity index (χ4n) is 2.52. The van der Waals surface area contributed by atoms with Gasteiger partial charge >= 0.3 is 0 Å². The fraction of sp³-hybridized carbons (Fsp3) is 0.667. The van der Waals surface area contributed by atoms with Gasteiger partial charge in [-0.15, -0.1) is 0 Å². The Morgan fingerprint density at radius 1 is 1.53 bits per heavy atom. The summed E-state index contributed by atoms with van der Waals surface area (Å²) in [5.41, 5.74) is 0.766. The van der Waals surface area contributed by atoms with Crippen LogP contribution in [0.15, 0.2) is 18.3 Å². The minimum Gasteiger partial charge on any atom is -0.396 e. The zero-order valence-corrected chi connectivity index (χ0v) is 11.6. The largest absolute Gasteiger partial charge is 0.396 e. The van der Waals surface area contributed by atoms with Gasteiger partial charge in [-0.1, -0.05) is 13.3 Å². The smallest absolute Gasteiger partial charge is 0.267 e. The molecule has 0 saturated heterocycles. The molecule has 4 nitrogen and oxygen atoms in total. The molecule has 1 aliphatic carbocycles. The molecule has 106 valence electrons. The van der Waals surface area contributed by atoms with Gasteiger partial charge in [0.25, 0.3) is 5.91 Å². The van der Waals surface area contributed by atoms with E-state index < -0.39 is 0 Å². The van der Waals surface area contributed by atoms with Crippen LogP contribution in [0.1, 0.15) is 55.6 Å². The zero-order chi connectivity index (χ0) is 13.7. The molecule has 1 aromatic rings. The number of aromatic nitrogens is 1. The van der Waals surface area contributed by atoms with Gasteiger partial charge in [-0.25, -0.2) is 0 Å². The Labute approximate surface area is 114 Å². The summed E-state index contributed by atoms with van der Waals surface area (Å²) in [6.07, 6.45) is 7.24. The van der Waals surface area contributed by atoms with Crippen molar-refractivity contribution < 1.29 is 9.90 Å². The predicted octanol–water partition coefficient (Wildman–Crippen LogP) is 2.35. The maximum absolute atomic E-state index is 12.2. The van der Waals surface area contributed by atoms with Crippen LogP contribution in [0.5, 0.6) is 0 Å². The number of carbonyl (C=O) groups is 1. The third-order valence-electron chi connectivity index (χ3n) is 3.74. The molecule has 1 fully saturated rings. The van der Waals surface area contributed by atoms with E-state index in [1.807, 2.05) is 18.3 Å². The molecule has 1 aliphatic rings. The summed E-state index contributed by atoms with van der Waals surface area (Å²) in [6, 6.07) is 4.35. The van der Waals surface area contributed by atoms with E-state index in [1.165, 1.54) is 12.8 Å². The van der Waals surface area contributed by atoms with Crippen molar-refractivity contribution in [1.29, 1.82) is 0 Å². The van der Waals surface area contributed by atoms with Gasteiger partial charge in [0.05, 0.1) is 0 Å². The molecule has 2 N–H and O–H groups in total. The Bertz CT molecular complexity index is 404. The summed E-state index contributed by atoms with van der Waals surface area (Å²) >= 11 is 0. The summed E-state index contributed by atoms with van der Waals surface area (Å²) < 4.78 is 2.08. The van der Waals surface area contributed by atoms with E-state index in [1.54, 1.807) is 0 Å². The first-order valence-electron chi connectivity index (χ1n) is 7.32. The molecular weight excluding hydrogens is 240 g/mol. The van der Waals surface area contributed by atoms with Crippen LogP contribution in [0.25, 0.3) is 0 Å². The topological polar surface area (TPSA) is 54.3 Å². The molecule has 1 amide bonds. The van der Waals surface area contributed by atoms with Crippen LogP contribution in [0, 0.1) is 5.92 Å². The Morgan fingerprint density at radius 2 is 2.32 bits per heavy atom. The number of nitrogens with zero attached hydrogens (tertiary/aromatic N) is 1. The molecule has 2 rings (SSSR count). The van der Waals surface area contributed by atoms with Crippen LogP contribution < -0.4 is 5.32 Å². The van der Waals surface area contributed by atoms with Gasteiger partial charge in [-0.2, -0.15) is 0 Å². The summed E-state index contributed by atoms with van der Waals surface area (Å²) in [7, 11) is 0. The van der Waals surface area contributed by atoms with Crippen molar-refractivity contribution in [3.8, 4) is 0 Å². The summed E-state index contributed by atoms with van der Waals surface area (Å²) in [4.78, 5) is 12.2. The molecular formula is C15H24N2O2. The number of hydrogen-bond donors (Lipinski definition) is 2. The maximum atomic E-state index is 12.2. The predicted molar refractivity (Wildman–Crippen MR) is 75.1 cm³/mol. The minimum absolute atomic E-state index is 0.0101. The molecule has 1 aromatic heterocycles. The molecule has 0 radical (unpaired) electrons. The van der Waals surface area contributed by atoms with E-state index in [-0.39, 0.29) is 12.5 Å². The number of aliphatic hydroxyl groups is 1. The van der Waals surface area contributed by atoms with Crippen LogP contribution in [-0.4, -0.2) is 28.7 Å². The molecule has 0 aliphatic heterocycles. The van der Waals surface area contributed by atoms with E-state index in [0.29, 0.717) is 18.5 Å². The summed E-state index contributed by atoms with van der Waals surface area (Å²) in [5.74, 6) is 0.388. The highest BCUT2D eigenvalue weighted by molar-refractivity contribution is 5.92. The highest BCUT2D eigenvalue weighted by Gasteiger charge is 2.26. The van der Waals surface area contributed by atoms with Gasteiger partial charge in [0.15, 0.2) is 0 Å². The van der Waals surface area contributed by atoms with Crippen molar-refractivity contribution in [3.05, 3.63) is 24.0 Å². The third-order valence-corrected chi connectivity index (χ3v) is 3.74. The Morgan fingerprint density at radius 3 is 2.95 bits per heavy atom. The lowest BCUT2D eigenvalue weighted by Gasteiger charge is -2.16. The number of nitrogens with one attached hydrogen (secondary N) is 1. The van der Waals surface area contributed by atoms with E-state index in [0.717, 1.165) is 25.0 Å². The lowest BCUT2D eigenvalue weighted by atomic mass is 10.0. The van der Waals surface area contributed by atoms with Gasteiger partial charge in [0.2, 0.25) is 0 Å². The molecule has 19 heavy (non-hydrogen) atoms. The van der Waals surface area contributed by atoms with Crippen LogP contribution in [0.2, 0.25) is 0 Å². The molecule has 1 heterocycles. The normalized spacial score (nSPS) is 16.3. The Hall–Kier alpha value is -1.29. The van der Waals surface area contributed by atoms with E-state index in [2.05, 4.69) is 16.8 Å². The maximum Gasteiger partial charge on any atom is 0.267 e. The Kier molecular flexibility index (Phi) is 5.02. The molecule has 0 bridgehead atoms. The number of hydrogen-bond acceptors (Lipinski definition) is 2. The van der Waals surface area contributed by atoms with Crippen LogP contribution >= 0.6 is 0 Å². The van der Waals surface area contributed by atoms with Crippen molar-refractivity contribution in [2.24, 2.45) is 5.92 Å². The first-order valence-corrected chi connectivity index (χ1v) is 7.32. The quantitative estimate of drug-likeness (QED) is 0.757. The highest BCUT2D eigenvalue weighted by Crippen LogP contribution is 2.35. The molecule has 1 unspecified atom stereocenters. The summed E-state index contributed by atoms with van der Waals surface area (Å²) in [5, 5.41) is 12.0. The van der Waals surface area contributed by atoms with Crippen molar-refractivity contribution in [2.75, 3.05) is 13.2 Å². The Balaban J connectivity index is 1.87. The molecule has 0 aromatic carbocycles. The van der Waals surface area contributed by atoms with Crippen molar-refractivity contribution in [2.45, 2.75) is 45.1 Å². The van der Waals surface area contributed by atoms with Crippen LogP contribution in [0.3, 0.4) is 0 Å². The molecule has 4 heteroatoms. The molecule has 1 saturated carbocycles. The van der Waals surface area contributed by atoms with E-state index >= 15 is 0 Å². The van der Waals surface area contributed by atoms with Gasteiger partial charge in [-0.05, 0) is 43.7 Å². The van der Waals surface area contributed by atoms with Crippen LogP contribution in [-0.2, 0) is 0 Å². The second-order valence-electron chi connectivity index (χ2n) is 5.41. The number of carbonyl (C=O) groups excluding carboxylic acids is 1. The van der Waals surface area contributed by atoms with Crippen molar-refractivity contribution in [3.63, 3.8) is 0 Å². The zero-order valence-electron chi connectivity index (χ0n) is 11.6. The van der Waals surface area contributed by atoms with Crippen molar-refractivity contribution in [1.82, 2.24) is 9.88 Å². The number of aliphatic hydroxyl groups excluding tert-OH is 1. The lowest BCUT2D eigenvalue weighted by molar-refractivity contribution is 0.0933. The summed E-state index contributed by atoms with van der Waals surface area (Å²) in [6.45, 7) is 2.98. The number of rotatable bonds is 8. The fourth-order valence-corrected chi connectivity index (χ4v) is 2.52. The minimum atomic E-state index is 0.0101. The van der Waals surface area contributed by atoms with Gasteiger partial charge in [0, 0.05) is 25.4 Å². The standard InChI is InChI=1S/C15H24N2O2/c1-2-4-12(8-10-18)11-16-15(19)14-5-3-9-17(14)13-6-7-13/h3,5,9,12-13,18H,2,4,6-8,10-11H2,1H3,(H,16,19). The average molecular weight is 264 g/mol. The van der Waals surface area contributed by atoms with Gasteiger partial charge < -0.3 is 15.0 Å². The second kappa shape index (κ2) is 6.75. The SMILES string of the molecule is CCCC(CCO)CNC(=O)c1cccn1C1CC1. The first-order chi connectivity index (χ1) is 9.26. The average Bonchev–Trinajstić information content (AvgIpc) is 3.13. The van der Waals surface area contributed by atoms with Crippen LogP contribution in [0.4, 0.5) is 0 Å². The van der Waals surface area contributed by atoms with Gasteiger partial charge in [-0.3, -0.25) is 4.79 Å². The van der Waals surface area contributed by atoms with E-state index in [9.17, 15) is 4.79 Å².